The van der Waals surface area contributed by atoms with Crippen molar-refractivity contribution in [2.75, 3.05) is 38.5 Å². The molecule has 0 unspecified atom stereocenters. The summed E-state index contributed by atoms with van der Waals surface area (Å²) in [5.74, 6) is -0.539. The number of halogens is 2. The van der Waals surface area contributed by atoms with E-state index < -0.39 is 5.82 Å². The molecule has 2 saturated heterocycles. The normalized spacial score (nSPS) is 19.4. The molecule has 2 aromatic carbocycles. The number of imidazole rings is 1. The first kappa shape index (κ1) is 22.9. The van der Waals surface area contributed by atoms with E-state index >= 15 is 0 Å². The number of likely N-dealkylation sites (N-methyl/N-ethyl adjacent to an activating group) is 1. The summed E-state index contributed by atoms with van der Waals surface area (Å²) in [5.41, 5.74) is 3.22. The smallest absolute Gasteiger partial charge is 0.329 e. The highest BCUT2D eigenvalue weighted by atomic mass is 35.5. The Morgan fingerprint density at radius 1 is 1.12 bits per heavy atom. The molecule has 7 nitrogen and oxygen atoms in total. The van der Waals surface area contributed by atoms with E-state index in [1.165, 1.54) is 12.1 Å². The molecule has 3 aromatic rings. The Hall–Kier alpha value is -2.84. The van der Waals surface area contributed by atoms with Crippen LogP contribution in [-0.2, 0) is 18.3 Å². The number of nitrogens with one attached hydrogen (secondary N) is 1. The summed E-state index contributed by atoms with van der Waals surface area (Å²) < 4.78 is 17.2. The van der Waals surface area contributed by atoms with Gasteiger partial charge in [-0.3, -0.25) is 13.9 Å². The summed E-state index contributed by atoms with van der Waals surface area (Å²) in [6, 6.07) is 10.5. The molecule has 0 radical (unpaired) electrons. The van der Waals surface area contributed by atoms with Gasteiger partial charge >= 0.3 is 5.69 Å². The molecule has 0 bridgehead atoms. The highest BCUT2D eigenvalue weighted by Gasteiger charge is 2.28. The standard InChI is InChI=1S/C25H29ClFN5O2/c1-29-13-20(14-29)28-19-5-6-22-23(12-19)32(25(34)30(22)2)21-4-3-7-31(15-21)24(33)10-16-8-17(26)11-18(27)9-16/h5-6,8-9,11-12,20-21,28H,3-4,7,10,13-15H2,1-2H3/t21-/m0/s1. The summed E-state index contributed by atoms with van der Waals surface area (Å²) in [4.78, 5) is 30.3. The van der Waals surface area contributed by atoms with Crippen LogP contribution in [-0.4, -0.2) is 64.1 Å². The van der Waals surface area contributed by atoms with Gasteiger partial charge in [0.25, 0.3) is 0 Å². The van der Waals surface area contributed by atoms with Gasteiger partial charge in [0.1, 0.15) is 5.82 Å². The molecule has 3 heterocycles. The second-order valence-corrected chi connectivity index (χ2v) is 10.0. The maximum atomic E-state index is 13.7. The summed E-state index contributed by atoms with van der Waals surface area (Å²) in [6.45, 7) is 3.07. The third-order valence-corrected chi connectivity index (χ3v) is 7.13. The van der Waals surface area contributed by atoms with E-state index in [2.05, 4.69) is 17.3 Å². The molecule has 2 aliphatic heterocycles. The Bertz CT molecular complexity index is 1280. The van der Waals surface area contributed by atoms with Gasteiger partial charge in [-0.1, -0.05) is 11.6 Å². The van der Waals surface area contributed by atoms with E-state index in [0.717, 1.165) is 42.7 Å². The first-order chi connectivity index (χ1) is 16.3. The van der Waals surface area contributed by atoms with Gasteiger partial charge in [0.2, 0.25) is 5.91 Å². The van der Waals surface area contributed by atoms with Crippen LogP contribution in [0.5, 0.6) is 0 Å². The molecule has 2 fully saturated rings. The summed E-state index contributed by atoms with van der Waals surface area (Å²) in [5, 5.41) is 3.83. The number of carbonyl (C=O) groups excluding carboxylic acids is 1. The zero-order valence-electron chi connectivity index (χ0n) is 19.4. The molecular formula is C25H29ClFN5O2. The molecule has 180 valence electrons. The van der Waals surface area contributed by atoms with Crippen molar-refractivity contribution in [2.45, 2.75) is 31.3 Å². The number of rotatable bonds is 5. The van der Waals surface area contributed by atoms with Gasteiger partial charge in [-0.2, -0.15) is 0 Å². The maximum absolute atomic E-state index is 13.7. The quantitative estimate of drug-likeness (QED) is 0.602. The van der Waals surface area contributed by atoms with E-state index in [9.17, 15) is 14.0 Å². The summed E-state index contributed by atoms with van der Waals surface area (Å²) >= 11 is 5.95. The van der Waals surface area contributed by atoms with Gasteiger partial charge in [-0.05, 0) is 61.9 Å². The average molecular weight is 486 g/mol. The van der Waals surface area contributed by atoms with Gasteiger partial charge in [-0.25, -0.2) is 9.18 Å². The number of piperidine rings is 1. The van der Waals surface area contributed by atoms with Crippen LogP contribution < -0.4 is 11.0 Å². The molecule has 1 N–H and O–H groups in total. The van der Waals surface area contributed by atoms with Crippen LogP contribution in [0, 0.1) is 5.82 Å². The maximum Gasteiger partial charge on any atom is 0.329 e. The minimum absolute atomic E-state index is 0.0771. The second-order valence-electron chi connectivity index (χ2n) is 9.57. The van der Waals surface area contributed by atoms with Crippen LogP contribution in [0.1, 0.15) is 24.4 Å². The van der Waals surface area contributed by atoms with Crippen molar-refractivity contribution in [1.29, 1.82) is 0 Å². The zero-order valence-corrected chi connectivity index (χ0v) is 20.2. The van der Waals surface area contributed by atoms with Crippen LogP contribution >= 0.6 is 11.6 Å². The number of hydrogen-bond donors (Lipinski definition) is 1. The second kappa shape index (κ2) is 9.07. The minimum Gasteiger partial charge on any atom is -0.380 e. The first-order valence-corrected chi connectivity index (χ1v) is 12.0. The number of anilines is 1. The Balaban J connectivity index is 1.38. The first-order valence-electron chi connectivity index (χ1n) is 11.7. The van der Waals surface area contributed by atoms with Crippen LogP contribution in [0.3, 0.4) is 0 Å². The lowest BCUT2D eigenvalue weighted by Crippen LogP contribution is -2.52. The number of aromatic nitrogens is 2. The molecule has 34 heavy (non-hydrogen) atoms. The highest BCUT2D eigenvalue weighted by molar-refractivity contribution is 6.30. The van der Waals surface area contributed by atoms with Crippen molar-refractivity contribution in [3.63, 3.8) is 0 Å². The van der Waals surface area contributed by atoms with Crippen molar-refractivity contribution in [3.8, 4) is 0 Å². The Labute approximate surface area is 202 Å². The van der Waals surface area contributed by atoms with Gasteiger partial charge in [-0.15, -0.1) is 0 Å². The number of aryl methyl sites for hydroxylation is 1. The molecule has 1 amide bonds. The molecular weight excluding hydrogens is 457 g/mol. The largest absolute Gasteiger partial charge is 0.380 e. The number of benzene rings is 2. The molecule has 1 atom stereocenters. The molecule has 0 aliphatic carbocycles. The number of likely N-dealkylation sites (tertiary alicyclic amines) is 2. The van der Waals surface area contributed by atoms with E-state index in [4.69, 9.17) is 11.6 Å². The van der Waals surface area contributed by atoms with Crippen molar-refractivity contribution >= 4 is 34.2 Å². The zero-order chi connectivity index (χ0) is 24.0. The number of nitrogens with zero attached hydrogens (tertiary/aromatic N) is 4. The summed E-state index contributed by atoms with van der Waals surface area (Å²) in [6.07, 6.45) is 1.70. The van der Waals surface area contributed by atoms with Crippen molar-refractivity contribution < 1.29 is 9.18 Å². The van der Waals surface area contributed by atoms with Crippen molar-refractivity contribution in [1.82, 2.24) is 18.9 Å². The van der Waals surface area contributed by atoms with E-state index in [0.29, 0.717) is 24.7 Å². The molecule has 0 spiro atoms. The fourth-order valence-electron chi connectivity index (χ4n) is 5.23. The van der Waals surface area contributed by atoms with Gasteiger partial charge in [0, 0.05) is 43.9 Å². The molecule has 5 rings (SSSR count). The third kappa shape index (κ3) is 4.44. The lowest BCUT2D eigenvalue weighted by atomic mass is 10.0. The van der Waals surface area contributed by atoms with Crippen LogP contribution in [0.15, 0.2) is 41.2 Å². The lowest BCUT2D eigenvalue weighted by Gasteiger charge is -2.37. The van der Waals surface area contributed by atoms with Gasteiger partial charge < -0.3 is 15.1 Å². The fraction of sp³-hybridized carbons (Fsp3) is 0.440. The Morgan fingerprint density at radius 2 is 1.91 bits per heavy atom. The van der Waals surface area contributed by atoms with Crippen molar-refractivity contribution in [2.24, 2.45) is 7.05 Å². The van der Waals surface area contributed by atoms with E-state index in [1.54, 1.807) is 22.6 Å². The highest BCUT2D eigenvalue weighted by Crippen LogP contribution is 2.28. The van der Waals surface area contributed by atoms with E-state index in [-0.39, 0.29) is 29.1 Å². The Kier molecular flexibility index (Phi) is 6.12. The number of amides is 1. The van der Waals surface area contributed by atoms with Gasteiger partial charge in [0.05, 0.1) is 29.5 Å². The molecule has 9 heteroatoms. The fourth-order valence-corrected chi connectivity index (χ4v) is 5.47. The number of fused-ring (bicyclic) bond motifs is 1. The van der Waals surface area contributed by atoms with E-state index in [1.807, 2.05) is 22.8 Å². The Morgan fingerprint density at radius 3 is 2.65 bits per heavy atom. The predicted octanol–water partition coefficient (Wildman–Crippen LogP) is 3.26. The number of carbonyl (C=O) groups is 1. The molecule has 1 aromatic heterocycles. The van der Waals surface area contributed by atoms with Crippen LogP contribution in [0.2, 0.25) is 5.02 Å². The van der Waals surface area contributed by atoms with Crippen LogP contribution in [0.4, 0.5) is 10.1 Å². The predicted molar refractivity (Wildman–Crippen MR) is 132 cm³/mol. The SMILES string of the molecule is CN1CC(Nc2ccc3c(c2)n([C@H]2CCCN(C(=O)Cc4cc(F)cc(Cl)c4)C2)c(=O)n3C)C1. The average Bonchev–Trinajstić information content (AvgIpc) is 3.01. The topological polar surface area (TPSA) is 62.5 Å². The molecule has 0 saturated carbocycles. The van der Waals surface area contributed by atoms with Gasteiger partial charge in [0.15, 0.2) is 0 Å². The monoisotopic (exact) mass is 485 g/mol. The third-order valence-electron chi connectivity index (χ3n) is 6.92. The minimum atomic E-state index is -0.452. The summed E-state index contributed by atoms with van der Waals surface area (Å²) in [7, 11) is 3.88. The van der Waals surface area contributed by atoms with Crippen molar-refractivity contribution in [3.05, 3.63) is 63.3 Å². The number of hydrogen-bond acceptors (Lipinski definition) is 4. The van der Waals surface area contributed by atoms with Crippen LogP contribution in [0.25, 0.3) is 11.0 Å². The lowest BCUT2D eigenvalue weighted by molar-refractivity contribution is -0.132. The molecule has 2 aliphatic rings.